The van der Waals surface area contributed by atoms with Gasteiger partial charge in [-0.25, -0.2) is 0 Å². The van der Waals surface area contributed by atoms with Crippen LogP contribution in [0.5, 0.6) is 0 Å². The highest BCUT2D eigenvalue weighted by Gasteiger charge is 2.06. The van der Waals surface area contributed by atoms with Gasteiger partial charge >= 0.3 is 0 Å². The van der Waals surface area contributed by atoms with Crippen LogP contribution < -0.4 is 5.32 Å². The van der Waals surface area contributed by atoms with Gasteiger partial charge in [-0.15, -0.1) is 0 Å². The van der Waals surface area contributed by atoms with E-state index in [4.69, 9.17) is 5.11 Å². The Balaban J connectivity index is 1.96. The van der Waals surface area contributed by atoms with E-state index in [0.717, 1.165) is 13.0 Å². The molecule has 1 heterocycles. The molecule has 0 fully saturated rings. The van der Waals surface area contributed by atoms with Gasteiger partial charge in [0.2, 0.25) is 0 Å². The Labute approximate surface area is 107 Å². The molecule has 0 saturated carbocycles. The highest BCUT2D eigenvalue weighted by Crippen LogP contribution is 2.20. The highest BCUT2D eigenvalue weighted by molar-refractivity contribution is 5.83. The lowest BCUT2D eigenvalue weighted by Gasteiger charge is -2.08. The number of aliphatic hydroxyl groups is 2. The number of aromatic nitrogens is 1. The summed E-state index contributed by atoms with van der Waals surface area (Å²) in [4.78, 5) is 0. The Bertz CT molecular complexity index is 507. The Morgan fingerprint density at radius 2 is 2.11 bits per heavy atom. The molecule has 0 aliphatic carbocycles. The summed E-state index contributed by atoms with van der Waals surface area (Å²) in [6.45, 7) is 1.04. The van der Waals surface area contributed by atoms with Crippen molar-refractivity contribution < 1.29 is 10.2 Å². The third kappa shape index (κ3) is 2.90. The maximum absolute atomic E-state index is 9.21. The summed E-state index contributed by atoms with van der Waals surface area (Å²) >= 11 is 0. The molecule has 3 N–H and O–H groups in total. The number of hydrogen-bond donors (Lipinski definition) is 3. The zero-order valence-corrected chi connectivity index (χ0v) is 10.6. The molecule has 0 amide bonds. The zero-order chi connectivity index (χ0) is 13.0. The molecule has 1 aromatic heterocycles. The second-order valence-electron chi connectivity index (χ2n) is 4.57. The lowest BCUT2D eigenvalue weighted by molar-refractivity contribution is 0.0947. The van der Waals surface area contributed by atoms with E-state index in [-0.39, 0.29) is 6.61 Å². The summed E-state index contributed by atoms with van der Waals surface area (Å²) in [5, 5.41) is 22.3. The van der Waals surface area contributed by atoms with Crippen LogP contribution in [-0.4, -0.2) is 40.6 Å². The smallest absolute Gasteiger partial charge is 0.0894 e. The predicted molar refractivity (Wildman–Crippen MR) is 72.6 cm³/mol. The second kappa shape index (κ2) is 6.00. The van der Waals surface area contributed by atoms with Gasteiger partial charge in [0.1, 0.15) is 0 Å². The van der Waals surface area contributed by atoms with E-state index in [2.05, 4.69) is 41.3 Å². The molecule has 98 valence electrons. The van der Waals surface area contributed by atoms with E-state index in [1.165, 1.54) is 16.5 Å². The van der Waals surface area contributed by atoms with Gasteiger partial charge in [-0.3, -0.25) is 0 Å². The van der Waals surface area contributed by atoms with Gasteiger partial charge in [-0.1, -0.05) is 18.2 Å². The topological polar surface area (TPSA) is 57.4 Å². The number of aryl methyl sites for hydroxylation is 1. The normalized spacial score (nSPS) is 13.1. The molecule has 4 nitrogen and oxygen atoms in total. The Morgan fingerprint density at radius 1 is 1.33 bits per heavy atom. The van der Waals surface area contributed by atoms with E-state index >= 15 is 0 Å². The fourth-order valence-corrected chi connectivity index (χ4v) is 2.18. The fraction of sp³-hybridized carbons (Fsp3) is 0.429. The molecule has 0 aliphatic heterocycles. The van der Waals surface area contributed by atoms with Crippen LogP contribution in [0, 0.1) is 0 Å². The highest BCUT2D eigenvalue weighted by atomic mass is 16.3. The van der Waals surface area contributed by atoms with Crippen molar-refractivity contribution in [2.24, 2.45) is 7.05 Å². The summed E-state index contributed by atoms with van der Waals surface area (Å²) in [5.74, 6) is 0. The Hall–Kier alpha value is -1.36. The van der Waals surface area contributed by atoms with Crippen LogP contribution in [0.15, 0.2) is 30.5 Å². The molecule has 0 spiro atoms. The molecular weight excluding hydrogens is 228 g/mol. The monoisotopic (exact) mass is 248 g/mol. The van der Waals surface area contributed by atoms with Crippen molar-refractivity contribution in [2.45, 2.75) is 12.5 Å². The van der Waals surface area contributed by atoms with Gasteiger partial charge in [0.05, 0.1) is 12.7 Å². The number of benzene rings is 1. The average Bonchev–Trinajstić information content (AvgIpc) is 2.72. The third-order valence-corrected chi connectivity index (χ3v) is 3.14. The molecule has 1 aromatic carbocycles. The standard InChI is InChI=1S/C14H20N2O2/c1-16-9-11(6-7-15-8-12(18)10-17)13-4-2-3-5-14(13)16/h2-5,9,12,15,17-18H,6-8,10H2,1H3. The van der Waals surface area contributed by atoms with Gasteiger partial charge in [0.15, 0.2) is 0 Å². The van der Waals surface area contributed by atoms with Crippen LogP contribution in [0.1, 0.15) is 5.56 Å². The summed E-state index contributed by atoms with van der Waals surface area (Å²) in [6.07, 6.45) is 2.39. The van der Waals surface area contributed by atoms with Crippen LogP contribution in [0.25, 0.3) is 10.9 Å². The number of aliphatic hydroxyl groups excluding tert-OH is 2. The minimum atomic E-state index is -0.669. The van der Waals surface area contributed by atoms with E-state index in [9.17, 15) is 5.11 Å². The number of rotatable bonds is 6. The van der Waals surface area contributed by atoms with Gasteiger partial charge in [-0.2, -0.15) is 0 Å². The van der Waals surface area contributed by atoms with Gasteiger partial charge in [-0.05, 0) is 24.6 Å². The molecule has 2 aromatic rings. The number of para-hydroxylation sites is 1. The summed E-state index contributed by atoms with van der Waals surface area (Å²) in [6, 6.07) is 8.34. The number of nitrogens with one attached hydrogen (secondary N) is 1. The van der Waals surface area contributed by atoms with Gasteiger partial charge in [0, 0.05) is 30.7 Å². The maximum atomic E-state index is 9.21. The van der Waals surface area contributed by atoms with Crippen molar-refractivity contribution >= 4 is 10.9 Å². The van der Waals surface area contributed by atoms with Crippen LogP contribution in [0.3, 0.4) is 0 Å². The minimum absolute atomic E-state index is 0.193. The van der Waals surface area contributed by atoms with Gasteiger partial charge < -0.3 is 20.1 Å². The summed E-state index contributed by atoms with van der Waals surface area (Å²) in [5.41, 5.74) is 2.54. The average molecular weight is 248 g/mol. The lowest BCUT2D eigenvalue weighted by Crippen LogP contribution is -2.30. The van der Waals surface area contributed by atoms with E-state index in [1.54, 1.807) is 0 Å². The van der Waals surface area contributed by atoms with Crippen LogP contribution in [0.2, 0.25) is 0 Å². The first-order chi connectivity index (χ1) is 8.72. The number of fused-ring (bicyclic) bond motifs is 1. The first-order valence-corrected chi connectivity index (χ1v) is 6.25. The largest absolute Gasteiger partial charge is 0.394 e. The van der Waals surface area contributed by atoms with Crippen LogP contribution in [-0.2, 0) is 13.5 Å². The second-order valence-corrected chi connectivity index (χ2v) is 4.57. The molecular formula is C14H20N2O2. The zero-order valence-electron chi connectivity index (χ0n) is 10.6. The molecule has 0 saturated heterocycles. The van der Waals surface area contributed by atoms with Crippen LogP contribution >= 0.6 is 0 Å². The van der Waals surface area contributed by atoms with E-state index in [0.29, 0.717) is 6.54 Å². The molecule has 0 radical (unpaired) electrons. The van der Waals surface area contributed by atoms with Crippen molar-refractivity contribution in [1.29, 1.82) is 0 Å². The molecule has 0 bridgehead atoms. The van der Waals surface area contributed by atoms with E-state index < -0.39 is 6.10 Å². The van der Waals surface area contributed by atoms with Crippen molar-refractivity contribution in [3.63, 3.8) is 0 Å². The predicted octanol–water partition coefficient (Wildman–Crippen LogP) is 0.664. The molecule has 18 heavy (non-hydrogen) atoms. The summed E-state index contributed by atoms with van der Waals surface area (Å²) in [7, 11) is 2.05. The SMILES string of the molecule is Cn1cc(CCNCC(O)CO)c2ccccc21. The molecule has 0 aliphatic rings. The molecule has 1 atom stereocenters. The fourth-order valence-electron chi connectivity index (χ4n) is 2.18. The maximum Gasteiger partial charge on any atom is 0.0894 e. The van der Waals surface area contributed by atoms with Crippen molar-refractivity contribution in [3.05, 3.63) is 36.0 Å². The first kappa shape index (κ1) is 13.1. The van der Waals surface area contributed by atoms with Crippen molar-refractivity contribution in [3.8, 4) is 0 Å². The Morgan fingerprint density at radius 3 is 2.89 bits per heavy atom. The third-order valence-electron chi connectivity index (χ3n) is 3.14. The minimum Gasteiger partial charge on any atom is -0.394 e. The van der Waals surface area contributed by atoms with Crippen molar-refractivity contribution in [2.75, 3.05) is 19.7 Å². The van der Waals surface area contributed by atoms with Gasteiger partial charge in [0.25, 0.3) is 0 Å². The lowest BCUT2D eigenvalue weighted by atomic mass is 10.1. The number of nitrogens with zero attached hydrogens (tertiary/aromatic N) is 1. The van der Waals surface area contributed by atoms with Crippen molar-refractivity contribution in [1.82, 2.24) is 9.88 Å². The summed E-state index contributed by atoms with van der Waals surface area (Å²) < 4.78 is 2.13. The number of hydrogen-bond acceptors (Lipinski definition) is 3. The van der Waals surface area contributed by atoms with Crippen LogP contribution in [0.4, 0.5) is 0 Å². The Kier molecular flexibility index (Phi) is 4.36. The quantitative estimate of drug-likeness (QED) is 0.658. The first-order valence-electron chi connectivity index (χ1n) is 6.25. The molecule has 4 heteroatoms. The molecule has 2 rings (SSSR count). The van der Waals surface area contributed by atoms with E-state index in [1.807, 2.05) is 6.07 Å². The molecule has 1 unspecified atom stereocenters.